The molecule has 4 aromatic rings. The van der Waals surface area contributed by atoms with Crippen molar-refractivity contribution < 1.29 is 19.1 Å². The molecular weight excluding hydrogens is 524 g/mol. The van der Waals surface area contributed by atoms with Gasteiger partial charge in [-0.1, -0.05) is 60.7 Å². The van der Waals surface area contributed by atoms with Crippen molar-refractivity contribution >= 4 is 34.0 Å². The number of hydrogen-bond donors (Lipinski definition) is 0. The van der Waals surface area contributed by atoms with Crippen molar-refractivity contribution in [3.05, 3.63) is 113 Å². The summed E-state index contributed by atoms with van der Waals surface area (Å²) in [6.07, 6.45) is 3.42. The number of methoxy groups -OCH3 is 1. The van der Waals surface area contributed by atoms with Gasteiger partial charge in [-0.2, -0.15) is 0 Å². The predicted molar refractivity (Wildman–Crippen MR) is 167 cm³/mol. The molecule has 0 saturated carbocycles. The van der Waals surface area contributed by atoms with Crippen LogP contribution in [-0.2, 0) is 17.7 Å². The number of carbonyl (C=O) groups is 2. The van der Waals surface area contributed by atoms with E-state index in [0.29, 0.717) is 19.6 Å². The molecule has 6 nitrogen and oxygen atoms in total. The smallest absolute Gasteiger partial charge is 0.410 e. The third kappa shape index (κ3) is 5.49. The second kappa shape index (κ2) is 11.0. The minimum atomic E-state index is -0.500. The second-order valence-corrected chi connectivity index (χ2v) is 12.0. The van der Waals surface area contributed by atoms with E-state index in [0.717, 1.165) is 46.2 Å². The van der Waals surface area contributed by atoms with Gasteiger partial charge in [-0.05, 0) is 91.1 Å². The SMILES string of the molecule is COc1ccc(CN2C(=O)c3cccc4c(Cc5cccc(C6=CCN(C(=O)OC(C)(C)C)CC6)c5)ccc2c34)cc1. The topological polar surface area (TPSA) is 59.1 Å². The van der Waals surface area contributed by atoms with Gasteiger partial charge in [0, 0.05) is 24.0 Å². The monoisotopic (exact) mass is 560 g/mol. The maximum Gasteiger partial charge on any atom is 0.410 e. The Hall–Kier alpha value is -4.58. The van der Waals surface area contributed by atoms with Crippen LogP contribution in [0.3, 0.4) is 0 Å². The molecule has 6 heteroatoms. The van der Waals surface area contributed by atoms with E-state index < -0.39 is 5.60 Å². The van der Waals surface area contributed by atoms with Crippen LogP contribution in [0.4, 0.5) is 10.5 Å². The summed E-state index contributed by atoms with van der Waals surface area (Å²) in [5, 5.41) is 2.15. The van der Waals surface area contributed by atoms with E-state index in [1.54, 1.807) is 12.0 Å². The number of nitrogens with zero attached hydrogens (tertiary/aromatic N) is 2. The van der Waals surface area contributed by atoms with E-state index in [4.69, 9.17) is 9.47 Å². The molecule has 0 unspecified atom stereocenters. The summed E-state index contributed by atoms with van der Waals surface area (Å²) in [4.78, 5) is 29.6. The van der Waals surface area contributed by atoms with Gasteiger partial charge in [-0.3, -0.25) is 4.79 Å². The Morgan fingerprint density at radius 1 is 0.929 bits per heavy atom. The van der Waals surface area contributed by atoms with Gasteiger partial charge < -0.3 is 19.3 Å². The van der Waals surface area contributed by atoms with Crippen molar-refractivity contribution in [2.75, 3.05) is 25.1 Å². The van der Waals surface area contributed by atoms with Crippen LogP contribution in [0.15, 0.2) is 84.9 Å². The molecule has 2 amide bonds. The van der Waals surface area contributed by atoms with E-state index in [2.05, 4.69) is 48.5 Å². The largest absolute Gasteiger partial charge is 0.497 e. The van der Waals surface area contributed by atoms with Crippen molar-refractivity contribution in [1.29, 1.82) is 0 Å². The van der Waals surface area contributed by atoms with E-state index in [1.807, 2.05) is 62.1 Å². The normalized spacial score (nSPS) is 14.8. The molecule has 0 fully saturated rings. The second-order valence-electron chi connectivity index (χ2n) is 12.0. The fraction of sp³-hybridized carbons (Fsp3) is 0.278. The number of ether oxygens (including phenoxy) is 2. The average molecular weight is 561 g/mol. The summed E-state index contributed by atoms with van der Waals surface area (Å²) in [5.74, 6) is 0.836. The minimum Gasteiger partial charge on any atom is -0.497 e. The van der Waals surface area contributed by atoms with Crippen LogP contribution in [0, 0.1) is 0 Å². The number of carbonyl (C=O) groups excluding carboxylic acids is 2. The lowest BCUT2D eigenvalue weighted by atomic mass is 9.93. The zero-order chi connectivity index (χ0) is 29.4. The van der Waals surface area contributed by atoms with Gasteiger partial charge in [-0.15, -0.1) is 0 Å². The van der Waals surface area contributed by atoms with Crippen LogP contribution in [0.25, 0.3) is 16.3 Å². The Morgan fingerprint density at radius 3 is 2.43 bits per heavy atom. The average Bonchev–Trinajstić information content (AvgIpc) is 3.25. The first kappa shape index (κ1) is 27.6. The summed E-state index contributed by atoms with van der Waals surface area (Å²) in [7, 11) is 1.65. The molecule has 0 atom stereocenters. The van der Waals surface area contributed by atoms with Gasteiger partial charge >= 0.3 is 6.09 Å². The lowest BCUT2D eigenvalue weighted by molar-refractivity contribution is 0.0270. The fourth-order valence-electron chi connectivity index (χ4n) is 5.86. The predicted octanol–water partition coefficient (Wildman–Crippen LogP) is 7.62. The van der Waals surface area contributed by atoms with Crippen LogP contribution < -0.4 is 9.64 Å². The summed E-state index contributed by atoms with van der Waals surface area (Å²) >= 11 is 0. The maximum absolute atomic E-state index is 13.5. The summed E-state index contributed by atoms with van der Waals surface area (Å²) in [6.45, 7) is 7.36. The molecule has 4 aromatic carbocycles. The number of rotatable bonds is 6. The fourth-order valence-corrected chi connectivity index (χ4v) is 5.86. The zero-order valence-electron chi connectivity index (χ0n) is 24.6. The maximum atomic E-state index is 13.5. The molecule has 0 radical (unpaired) electrons. The highest BCUT2D eigenvalue weighted by atomic mass is 16.6. The molecular formula is C36H36N2O4. The lowest BCUT2D eigenvalue weighted by Crippen LogP contribution is -2.39. The number of benzene rings is 4. The van der Waals surface area contributed by atoms with Crippen LogP contribution >= 0.6 is 0 Å². The molecule has 0 aromatic heterocycles. The zero-order valence-corrected chi connectivity index (χ0v) is 24.6. The quantitative estimate of drug-likeness (QED) is 0.243. The lowest BCUT2D eigenvalue weighted by Gasteiger charge is -2.29. The summed E-state index contributed by atoms with van der Waals surface area (Å²) < 4.78 is 10.8. The van der Waals surface area contributed by atoms with E-state index >= 15 is 0 Å². The number of amides is 2. The van der Waals surface area contributed by atoms with Gasteiger partial charge in [0.05, 0.1) is 19.3 Å². The highest BCUT2D eigenvalue weighted by Gasteiger charge is 2.30. The van der Waals surface area contributed by atoms with Crippen LogP contribution in [0.5, 0.6) is 5.75 Å². The molecule has 42 heavy (non-hydrogen) atoms. The van der Waals surface area contributed by atoms with Crippen LogP contribution in [0.1, 0.15) is 59.8 Å². The Kier molecular flexibility index (Phi) is 7.23. The van der Waals surface area contributed by atoms with E-state index in [-0.39, 0.29) is 12.0 Å². The molecule has 0 spiro atoms. The van der Waals surface area contributed by atoms with Crippen molar-refractivity contribution in [1.82, 2.24) is 4.90 Å². The van der Waals surface area contributed by atoms with Crippen molar-refractivity contribution in [2.45, 2.75) is 45.8 Å². The van der Waals surface area contributed by atoms with E-state index in [9.17, 15) is 9.59 Å². The van der Waals surface area contributed by atoms with Gasteiger partial charge in [0.1, 0.15) is 11.4 Å². The van der Waals surface area contributed by atoms with E-state index in [1.165, 1.54) is 22.3 Å². The highest BCUT2D eigenvalue weighted by molar-refractivity contribution is 6.25. The van der Waals surface area contributed by atoms with Gasteiger partial charge in [-0.25, -0.2) is 4.79 Å². The Morgan fingerprint density at radius 2 is 1.71 bits per heavy atom. The molecule has 2 aliphatic heterocycles. The van der Waals surface area contributed by atoms with Crippen molar-refractivity contribution in [2.24, 2.45) is 0 Å². The first-order chi connectivity index (χ1) is 20.2. The van der Waals surface area contributed by atoms with Crippen LogP contribution in [-0.4, -0.2) is 42.7 Å². The summed E-state index contributed by atoms with van der Waals surface area (Å²) in [5.41, 5.74) is 7.11. The summed E-state index contributed by atoms with van der Waals surface area (Å²) in [6, 6.07) is 26.8. The Labute approximate surface area is 247 Å². The standard InChI is InChI=1S/C36H36N2O4/c1-36(2,3)42-35(40)37-19-17-26(18-20-37)27-8-5-7-25(21-27)22-28-13-16-32-33-30(28)9-6-10-31(33)34(39)38(32)23-24-11-14-29(41-4)15-12-24/h5-17,21H,18-20,22-23H2,1-4H3. The Bertz CT molecular complexity index is 1700. The molecule has 0 bridgehead atoms. The molecule has 6 rings (SSSR count). The number of hydrogen-bond acceptors (Lipinski definition) is 4. The molecule has 214 valence electrons. The van der Waals surface area contributed by atoms with Crippen molar-refractivity contribution in [3.63, 3.8) is 0 Å². The molecule has 2 aliphatic rings. The van der Waals surface area contributed by atoms with Gasteiger partial charge in [0.15, 0.2) is 0 Å². The highest BCUT2D eigenvalue weighted by Crippen LogP contribution is 2.40. The molecule has 0 saturated heterocycles. The third-order valence-corrected chi connectivity index (χ3v) is 7.93. The van der Waals surface area contributed by atoms with Gasteiger partial charge in [0.2, 0.25) is 0 Å². The number of anilines is 1. The minimum absolute atomic E-state index is 0.0372. The van der Waals surface area contributed by atoms with Crippen molar-refractivity contribution in [3.8, 4) is 5.75 Å². The molecule has 0 N–H and O–H groups in total. The Balaban J connectivity index is 1.22. The molecule has 0 aliphatic carbocycles. The first-order valence-electron chi connectivity index (χ1n) is 14.5. The first-order valence-corrected chi connectivity index (χ1v) is 14.5. The van der Waals surface area contributed by atoms with Crippen LogP contribution in [0.2, 0.25) is 0 Å². The van der Waals surface area contributed by atoms with Gasteiger partial charge in [0.25, 0.3) is 5.91 Å². The molecule has 2 heterocycles. The third-order valence-electron chi connectivity index (χ3n) is 7.93.